The number of hydrogen-bond acceptors (Lipinski definition) is 2. The molecule has 4 unspecified atom stereocenters. The maximum atomic E-state index is 13.0. The van der Waals surface area contributed by atoms with E-state index in [-0.39, 0.29) is 12.8 Å². The van der Waals surface area contributed by atoms with E-state index in [9.17, 15) is 23.5 Å². The number of rotatable bonds is 1. The summed E-state index contributed by atoms with van der Waals surface area (Å²) >= 11 is 0. The average Bonchev–Trinajstić information content (AvgIpc) is 2.37. The number of alkyl halides is 3. The molecule has 2 aliphatic rings. The van der Waals surface area contributed by atoms with Crippen molar-refractivity contribution in [1.29, 1.82) is 5.26 Å². The Bertz CT molecular complexity index is 403. The number of nitrogens with zero attached hydrogens (tertiary/aromatic N) is 1. The summed E-state index contributed by atoms with van der Waals surface area (Å²) in [5.41, 5.74) is -2.47. The highest BCUT2D eigenvalue weighted by atomic mass is 19.4. The third-order valence-electron chi connectivity index (χ3n) is 5.29. The van der Waals surface area contributed by atoms with Gasteiger partial charge in [0, 0.05) is 0 Å². The molecule has 2 aliphatic carbocycles. The monoisotopic (exact) mass is 289 g/mol. The SMILES string of the molecule is CC1CCCC(C#N)(C2(O)CCCC(C(F)(F)F)C2)C1. The second-order valence-electron chi connectivity index (χ2n) is 6.76. The molecule has 0 aromatic carbocycles. The second kappa shape index (κ2) is 5.22. The molecule has 2 nitrogen and oxygen atoms in total. The van der Waals surface area contributed by atoms with Gasteiger partial charge in [-0.1, -0.05) is 19.8 Å². The van der Waals surface area contributed by atoms with Gasteiger partial charge >= 0.3 is 6.18 Å². The number of nitriles is 1. The van der Waals surface area contributed by atoms with Gasteiger partial charge < -0.3 is 5.11 Å². The number of halogens is 3. The van der Waals surface area contributed by atoms with Crippen LogP contribution in [0.15, 0.2) is 0 Å². The van der Waals surface area contributed by atoms with Crippen molar-refractivity contribution >= 4 is 0 Å². The molecule has 2 fully saturated rings. The Balaban J connectivity index is 2.26. The maximum absolute atomic E-state index is 13.0. The van der Waals surface area contributed by atoms with Crippen LogP contribution in [-0.4, -0.2) is 16.9 Å². The predicted molar refractivity (Wildman–Crippen MR) is 68.6 cm³/mol. The molecule has 0 heterocycles. The highest BCUT2D eigenvalue weighted by molar-refractivity contribution is 5.14. The van der Waals surface area contributed by atoms with Crippen LogP contribution in [0.4, 0.5) is 13.2 Å². The van der Waals surface area contributed by atoms with Crippen LogP contribution in [0.3, 0.4) is 0 Å². The van der Waals surface area contributed by atoms with E-state index < -0.39 is 23.1 Å². The minimum Gasteiger partial charge on any atom is -0.388 e. The predicted octanol–water partition coefficient (Wildman–Crippen LogP) is 4.19. The summed E-state index contributed by atoms with van der Waals surface area (Å²) in [6, 6.07) is 2.21. The standard InChI is InChI=1S/C15H22F3NO/c1-11-4-2-6-13(8-11,10-19)14(20)7-3-5-12(9-14)15(16,17)18/h11-12,20H,2-9H2,1H3. The lowest BCUT2D eigenvalue weighted by atomic mass is 9.56. The van der Waals surface area contributed by atoms with Gasteiger partial charge in [-0.15, -0.1) is 0 Å². The molecule has 0 aromatic rings. The highest BCUT2D eigenvalue weighted by Crippen LogP contribution is 2.54. The summed E-state index contributed by atoms with van der Waals surface area (Å²) < 4.78 is 38.9. The summed E-state index contributed by atoms with van der Waals surface area (Å²) in [6.45, 7) is 2.01. The van der Waals surface area contributed by atoms with Crippen molar-refractivity contribution in [1.82, 2.24) is 0 Å². The van der Waals surface area contributed by atoms with E-state index in [1.807, 2.05) is 6.92 Å². The summed E-state index contributed by atoms with van der Waals surface area (Å²) in [5, 5.41) is 20.5. The summed E-state index contributed by atoms with van der Waals surface area (Å²) in [7, 11) is 0. The highest BCUT2D eigenvalue weighted by Gasteiger charge is 2.57. The average molecular weight is 289 g/mol. The molecule has 0 saturated heterocycles. The van der Waals surface area contributed by atoms with E-state index in [1.54, 1.807) is 0 Å². The van der Waals surface area contributed by atoms with Crippen molar-refractivity contribution in [2.45, 2.75) is 70.1 Å². The van der Waals surface area contributed by atoms with Gasteiger partial charge in [0.25, 0.3) is 0 Å². The first-order valence-corrected chi connectivity index (χ1v) is 7.43. The Morgan fingerprint density at radius 1 is 1.15 bits per heavy atom. The molecule has 2 rings (SSSR count). The molecule has 0 aliphatic heterocycles. The van der Waals surface area contributed by atoms with Crippen LogP contribution in [0, 0.1) is 28.6 Å². The lowest BCUT2D eigenvalue weighted by Crippen LogP contribution is -2.54. The lowest BCUT2D eigenvalue weighted by molar-refractivity contribution is -0.215. The Hall–Kier alpha value is -0.760. The number of aliphatic hydroxyl groups is 1. The minimum absolute atomic E-state index is 0.0723. The molecule has 114 valence electrons. The Labute approximate surface area is 118 Å². The summed E-state index contributed by atoms with van der Waals surface area (Å²) in [5.74, 6) is -1.18. The van der Waals surface area contributed by atoms with Crippen LogP contribution in [0.1, 0.15) is 58.3 Å². The van der Waals surface area contributed by atoms with Crippen LogP contribution < -0.4 is 0 Å². The Morgan fingerprint density at radius 2 is 1.80 bits per heavy atom. The van der Waals surface area contributed by atoms with Crippen molar-refractivity contribution in [3.05, 3.63) is 0 Å². The van der Waals surface area contributed by atoms with Crippen LogP contribution in [0.25, 0.3) is 0 Å². The molecule has 1 N–H and O–H groups in total. The zero-order valence-corrected chi connectivity index (χ0v) is 11.8. The van der Waals surface area contributed by atoms with Crippen molar-refractivity contribution < 1.29 is 18.3 Å². The second-order valence-corrected chi connectivity index (χ2v) is 6.76. The molecule has 20 heavy (non-hydrogen) atoms. The van der Waals surface area contributed by atoms with Crippen molar-refractivity contribution in [3.63, 3.8) is 0 Å². The van der Waals surface area contributed by atoms with E-state index in [0.29, 0.717) is 31.6 Å². The molecule has 0 aromatic heterocycles. The largest absolute Gasteiger partial charge is 0.391 e. The van der Waals surface area contributed by atoms with Gasteiger partial charge in [0.15, 0.2) is 0 Å². The van der Waals surface area contributed by atoms with Crippen LogP contribution >= 0.6 is 0 Å². The molecular weight excluding hydrogens is 267 g/mol. The fraction of sp³-hybridized carbons (Fsp3) is 0.933. The van der Waals surface area contributed by atoms with E-state index in [1.165, 1.54) is 0 Å². The molecule has 0 spiro atoms. The summed E-state index contributed by atoms with van der Waals surface area (Å²) in [6.07, 6.45) is -1.00. The molecule has 0 radical (unpaired) electrons. The minimum atomic E-state index is -4.27. The van der Waals surface area contributed by atoms with Crippen molar-refractivity contribution in [3.8, 4) is 6.07 Å². The van der Waals surface area contributed by atoms with E-state index in [2.05, 4.69) is 6.07 Å². The van der Waals surface area contributed by atoms with Gasteiger partial charge in [0.05, 0.1) is 23.0 Å². The smallest absolute Gasteiger partial charge is 0.388 e. The molecule has 0 bridgehead atoms. The molecule has 4 atom stereocenters. The molecule has 2 saturated carbocycles. The normalized spacial score (nSPS) is 43.0. The van der Waals surface area contributed by atoms with Gasteiger partial charge in [-0.05, 0) is 44.4 Å². The quantitative estimate of drug-likeness (QED) is 0.786. The summed E-state index contributed by atoms with van der Waals surface area (Å²) in [4.78, 5) is 0. The van der Waals surface area contributed by atoms with E-state index >= 15 is 0 Å². The van der Waals surface area contributed by atoms with E-state index in [0.717, 1.165) is 12.8 Å². The van der Waals surface area contributed by atoms with Crippen LogP contribution in [0.5, 0.6) is 0 Å². The third kappa shape index (κ3) is 2.67. The molecule has 0 amide bonds. The maximum Gasteiger partial charge on any atom is 0.391 e. The van der Waals surface area contributed by atoms with Gasteiger partial charge in [0.2, 0.25) is 0 Å². The lowest BCUT2D eigenvalue weighted by Gasteiger charge is -2.50. The van der Waals surface area contributed by atoms with E-state index in [4.69, 9.17) is 0 Å². The molecule has 5 heteroatoms. The number of hydrogen-bond donors (Lipinski definition) is 1. The fourth-order valence-electron chi connectivity index (χ4n) is 4.15. The van der Waals surface area contributed by atoms with Gasteiger partial charge in [-0.25, -0.2) is 0 Å². The Kier molecular flexibility index (Phi) is 4.07. The topological polar surface area (TPSA) is 44.0 Å². The fourth-order valence-corrected chi connectivity index (χ4v) is 4.15. The van der Waals surface area contributed by atoms with Gasteiger partial charge in [-0.2, -0.15) is 18.4 Å². The first-order chi connectivity index (χ1) is 9.22. The van der Waals surface area contributed by atoms with Crippen molar-refractivity contribution in [2.75, 3.05) is 0 Å². The van der Waals surface area contributed by atoms with Gasteiger partial charge in [0.1, 0.15) is 0 Å². The Morgan fingerprint density at radius 3 is 2.35 bits per heavy atom. The zero-order valence-electron chi connectivity index (χ0n) is 11.8. The first-order valence-electron chi connectivity index (χ1n) is 7.43. The van der Waals surface area contributed by atoms with Gasteiger partial charge in [-0.3, -0.25) is 0 Å². The van der Waals surface area contributed by atoms with Crippen molar-refractivity contribution in [2.24, 2.45) is 17.3 Å². The van der Waals surface area contributed by atoms with Crippen LogP contribution in [-0.2, 0) is 0 Å². The first kappa shape index (κ1) is 15.6. The van der Waals surface area contributed by atoms with Crippen LogP contribution in [0.2, 0.25) is 0 Å². The molecular formula is C15H22F3NO. The zero-order chi connectivity index (χ0) is 15.0. The third-order valence-corrected chi connectivity index (χ3v) is 5.29.